The van der Waals surface area contributed by atoms with Crippen LogP contribution in [0.5, 0.6) is 0 Å². The zero-order valence-electron chi connectivity index (χ0n) is 11.5. The monoisotopic (exact) mass is 334 g/mol. The van der Waals surface area contributed by atoms with Crippen LogP contribution in [0, 0.1) is 5.92 Å². The second kappa shape index (κ2) is 8.13. The minimum absolute atomic E-state index is 0. The molecule has 1 aromatic rings. The number of hydrogen-bond acceptors (Lipinski definition) is 3. The topological polar surface area (TPSA) is 46.3 Å². The van der Waals surface area contributed by atoms with E-state index in [1.54, 1.807) is 17.8 Å². The van der Waals surface area contributed by atoms with Crippen LogP contribution in [-0.4, -0.2) is 36.7 Å². The fraction of sp³-hybridized carbons (Fsp3) is 0.500. The molecule has 1 heterocycles. The summed E-state index contributed by atoms with van der Waals surface area (Å²) in [4.78, 5) is 15.5. The molecule has 2 rings (SSSR count). The van der Waals surface area contributed by atoms with Crippen molar-refractivity contribution in [3.8, 4) is 0 Å². The number of rotatable bonds is 3. The first-order valence-electron chi connectivity index (χ1n) is 6.48. The second-order valence-electron chi connectivity index (χ2n) is 4.84. The van der Waals surface area contributed by atoms with Gasteiger partial charge in [-0.05, 0) is 49.8 Å². The maximum absolute atomic E-state index is 12.5. The molecule has 0 aromatic heterocycles. The highest BCUT2D eigenvalue weighted by molar-refractivity contribution is 7.98. The molecule has 1 aliphatic heterocycles. The predicted octanol–water partition coefficient (Wildman–Crippen LogP) is 3.29. The highest BCUT2D eigenvalue weighted by atomic mass is 35.5. The molecule has 0 radical (unpaired) electrons. The number of amides is 1. The first-order chi connectivity index (χ1) is 9.15. The fourth-order valence-corrected chi connectivity index (χ4v) is 3.05. The van der Waals surface area contributed by atoms with Crippen LogP contribution in [-0.2, 0) is 0 Å². The summed E-state index contributed by atoms with van der Waals surface area (Å²) in [7, 11) is 0. The number of benzene rings is 1. The Morgan fingerprint density at radius 2 is 2.30 bits per heavy atom. The third-order valence-electron chi connectivity index (χ3n) is 3.54. The molecule has 20 heavy (non-hydrogen) atoms. The first-order valence-corrected chi connectivity index (χ1v) is 8.09. The molecule has 0 spiro atoms. The first kappa shape index (κ1) is 17.6. The molecule has 1 saturated heterocycles. The Labute approximate surface area is 135 Å². The Hall–Kier alpha value is -0.420. The van der Waals surface area contributed by atoms with E-state index in [-0.39, 0.29) is 18.3 Å². The van der Waals surface area contributed by atoms with Gasteiger partial charge in [-0.1, -0.05) is 11.6 Å². The lowest BCUT2D eigenvalue weighted by atomic mass is 9.97. The lowest BCUT2D eigenvalue weighted by molar-refractivity contribution is 0.0678. The van der Waals surface area contributed by atoms with E-state index in [0.29, 0.717) is 23.0 Å². The summed E-state index contributed by atoms with van der Waals surface area (Å²) in [6, 6.07) is 5.61. The summed E-state index contributed by atoms with van der Waals surface area (Å²) in [5.41, 5.74) is 6.32. The molecule has 0 bridgehead atoms. The van der Waals surface area contributed by atoms with Gasteiger partial charge in [0, 0.05) is 18.0 Å². The van der Waals surface area contributed by atoms with Crippen molar-refractivity contribution in [3.05, 3.63) is 28.8 Å². The molecule has 6 heteroatoms. The van der Waals surface area contributed by atoms with E-state index < -0.39 is 0 Å². The summed E-state index contributed by atoms with van der Waals surface area (Å²) in [5, 5.41) is 0.526. The molecule has 112 valence electrons. The number of carbonyl (C=O) groups excluding carboxylic acids is 1. The summed E-state index contributed by atoms with van der Waals surface area (Å²) < 4.78 is 0. The van der Waals surface area contributed by atoms with Crippen molar-refractivity contribution in [1.82, 2.24) is 4.90 Å². The number of halogens is 2. The Morgan fingerprint density at radius 3 is 2.95 bits per heavy atom. The van der Waals surface area contributed by atoms with E-state index in [1.807, 2.05) is 23.3 Å². The van der Waals surface area contributed by atoms with Gasteiger partial charge in [0.25, 0.3) is 5.91 Å². The van der Waals surface area contributed by atoms with Gasteiger partial charge in [0.1, 0.15) is 0 Å². The molecule has 1 atom stereocenters. The van der Waals surface area contributed by atoms with Crippen LogP contribution in [0.2, 0.25) is 5.02 Å². The van der Waals surface area contributed by atoms with Crippen molar-refractivity contribution in [1.29, 1.82) is 0 Å². The van der Waals surface area contributed by atoms with Crippen LogP contribution < -0.4 is 5.73 Å². The Bertz CT molecular complexity index is 470. The number of nitrogens with zero attached hydrogens (tertiary/aromatic N) is 1. The van der Waals surface area contributed by atoms with E-state index in [0.717, 1.165) is 30.8 Å². The molecule has 1 amide bonds. The maximum Gasteiger partial charge on any atom is 0.255 e. The Morgan fingerprint density at radius 1 is 1.55 bits per heavy atom. The highest BCUT2D eigenvalue weighted by Gasteiger charge is 2.25. The smallest absolute Gasteiger partial charge is 0.255 e. The molecule has 0 saturated carbocycles. The number of likely N-dealkylation sites (tertiary alicyclic amines) is 1. The van der Waals surface area contributed by atoms with Crippen LogP contribution in [0.3, 0.4) is 0 Å². The molecular formula is C14H20Cl2N2OS. The number of hydrogen-bond donors (Lipinski definition) is 1. The average Bonchev–Trinajstić information content (AvgIpc) is 2.47. The van der Waals surface area contributed by atoms with E-state index in [9.17, 15) is 4.79 Å². The largest absolute Gasteiger partial charge is 0.338 e. The van der Waals surface area contributed by atoms with Crippen LogP contribution in [0.1, 0.15) is 23.2 Å². The van der Waals surface area contributed by atoms with Gasteiger partial charge in [-0.3, -0.25) is 4.79 Å². The molecule has 1 aliphatic rings. The Kier molecular flexibility index (Phi) is 7.17. The normalized spacial score (nSPS) is 18.6. The van der Waals surface area contributed by atoms with Crippen LogP contribution >= 0.6 is 35.8 Å². The van der Waals surface area contributed by atoms with E-state index >= 15 is 0 Å². The SMILES string of the molecule is CSc1ccc(Cl)c(C(=O)N2CCCC(CN)C2)c1.Cl. The van der Waals surface area contributed by atoms with Gasteiger partial charge in [0.2, 0.25) is 0 Å². The fourth-order valence-electron chi connectivity index (χ4n) is 2.41. The van der Waals surface area contributed by atoms with Gasteiger partial charge < -0.3 is 10.6 Å². The van der Waals surface area contributed by atoms with Crippen molar-refractivity contribution in [2.75, 3.05) is 25.9 Å². The number of piperidine rings is 1. The van der Waals surface area contributed by atoms with Gasteiger partial charge in [0.05, 0.1) is 10.6 Å². The standard InChI is InChI=1S/C14H19ClN2OS.ClH/c1-19-11-4-5-13(15)12(7-11)14(18)17-6-2-3-10(8-16)9-17;/h4-5,7,10H,2-3,6,8-9,16H2,1H3;1H. The van der Waals surface area contributed by atoms with Gasteiger partial charge in [-0.2, -0.15) is 0 Å². The molecular weight excluding hydrogens is 315 g/mol. The summed E-state index contributed by atoms with van der Waals surface area (Å²) in [6.07, 6.45) is 4.12. The third-order valence-corrected chi connectivity index (χ3v) is 4.60. The third kappa shape index (κ3) is 4.04. The second-order valence-corrected chi connectivity index (χ2v) is 6.13. The molecule has 1 unspecified atom stereocenters. The van der Waals surface area contributed by atoms with Gasteiger partial charge in [-0.25, -0.2) is 0 Å². The lowest BCUT2D eigenvalue weighted by Gasteiger charge is -2.32. The minimum Gasteiger partial charge on any atom is -0.338 e. The summed E-state index contributed by atoms with van der Waals surface area (Å²) in [5.74, 6) is 0.444. The van der Waals surface area contributed by atoms with Crippen molar-refractivity contribution in [3.63, 3.8) is 0 Å². The summed E-state index contributed by atoms with van der Waals surface area (Å²) in [6.45, 7) is 2.19. The highest BCUT2D eigenvalue weighted by Crippen LogP contribution is 2.26. The van der Waals surface area contributed by atoms with Crippen molar-refractivity contribution < 1.29 is 4.79 Å². The molecule has 1 fully saturated rings. The minimum atomic E-state index is 0. The zero-order chi connectivity index (χ0) is 13.8. The quantitative estimate of drug-likeness (QED) is 0.862. The molecule has 2 N–H and O–H groups in total. The number of carbonyl (C=O) groups is 1. The van der Waals surface area contributed by atoms with E-state index in [2.05, 4.69) is 0 Å². The van der Waals surface area contributed by atoms with E-state index in [1.165, 1.54) is 0 Å². The number of thioether (sulfide) groups is 1. The summed E-state index contributed by atoms with van der Waals surface area (Å²) >= 11 is 7.77. The van der Waals surface area contributed by atoms with Gasteiger partial charge in [0.15, 0.2) is 0 Å². The Balaban J connectivity index is 0.00000200. The van der Waals surface area contributed by atoms with Crippen LogP contribution in [0.15, 0.2) is 23.1 Å². The predicted molar refractivity (Wildman–Crippen MR) is 88.2 cm³/mol. The van der Waals surface area contributed by atoms with Crippen LogP contribution in [0.4, 0.5) is 0 Å². The molecule has 1 aromatic carbocycles. The maximum atomic E-state index is 12.5. The van der Waals surface area contributed by atoms with Crippen molar-refractivity contribution >= 4 is 41.7 Å². The molecule has 3 nitrogen and oxygen atoms in total. The zero-order valence-corrected chi connectivity index (χ0v) is 13.9. The average molecular weight is 335 g/mol. The van der Waals surface area contributed by atoms with Crippen molar-refractivity contribution in [2.45, 2.75) is 17.7 Å². The van der Waals surface area contributed by atoms with Gasteiger partial charge >= 0.3 is 0 Å². The number of nitrogens with two attached hydrogens (primary N) is 1. The lowest BCUT2D eigenvalue weighted by Crippen LogP contribution is -2.42. The van der Waals surface area contributed by atoms with Crippen LogP contribution in [0.25, 0.3) is 0 Å². The van der Waals surface area contributed by atoms with Gasteiger partial charge in [-0.15, -0.1) is 24.2 Å². The van der Waals surface area contributed by atoms with Crippen molar-refractivity contribution in [2.24, 2.45) is 11.7 Å². The molecule has 0 aliphatic carbocycles. The van der Waals surface area contributed by atoms with E-state index in [4.69, 9.17) is 17.3 Å².